The highest BCUT2D eigenvalue weighted by Crippen LogP contribution is 2.06. The number of likely N-dealkylation sites (N-methyl/N-ethyl adjacent to an activating group) is 1. The standard InChI is InChI=1S/C13H19FN2/c1-15-7-9-16(10-8-15)6-5-12-3-2-4-13(14)11-12/h2-4,11H,5-10H2,1H3. The van der Waals surface area contributed by atoms with E-state index in [0.29, 0.717) is 0 Å². The van der Waals surface area contributed by atoms with Crippen LogP contribution in [0.3, 0.4) is 0 Å². The van der Waals surface area contributed by atoms with Crippen LogP contribution < -0.4 is 0 Å². The molecule has 0 unspecified atom stereocenters. The highest BCUT2D eigenvalue weighted by atomic mass is 19.1. The molecule has 2 nitrogen and oxygen atoms in total. The van der Waals surface area contributed by atoms with Crippen LogP contribution in [0.25, 0.3) is 0 Å². The van der Waals surface area contributed by atoms with Gasteiger partial charge in [0.25, 0.3) is 0 Å². The summed E-state index contributed by atoms with van der Waals surface area (Å²) in [6.07, 6.45) is 0.946. The van der Waals surface area contributed by atoms with Gasteiger partial charge in [0, 0.05) is 32.7 Å². The minimum atomic E-state index is -0.129. The molecule has 0 aromatic heterocycles. The summed E-state index contributed by atoms with van der Waals surface area (Å²) in [5.74, 6) is -0.129. The summed E-state index contributed by atoms with van der Waals surface area (Å²) in [5.41, 5.74) is 1.10. The maximum absolute atomic E-state index is 13.0. The summed E-state index contributed by atoms with van der Waals surface area (Å²) >= 11 is 0. The van der Waals surface area contributed by atoms with Gasteiger partial charge in [0.15, 0.2) is 0 Å². The number of hydrogen-bond acceptors (Lipinski definition) is 2. The molecule has 0 bridgehead atoms. The van der Waals surface area contributed by atoms with Gasteiger partial charge in [-0.2, -0.15) is 0 Å². The van der Waals surface area contributed by atoms with E-state index < -0.39 is 0 Å². The number of nitrogens with zero attached hydrogens (tertiary/aromatic N) is 2. The Morgan fingerprint density at radius 3 is 2.62 bits per heavy atom. The second kappa shape index (κ2) is 5.41. The Balaban J connectivity index is 1.79. The Bertz CT molecular complexity index is 332. The lowest BCUT2D eigenvalue weighted by Gasteiger charge is -2.32. The van der Waals surface area contributed by atoms with E-state index in [1.54, 1.807) is 12.1 Å². The van der Waals surface area contributed by atoms with Crippen LogP contribution >= 0.6 is 0 Å². The largest absolute Gasteiger partial charge is 0.304 e. The second-order valence-corrected chi connectivity index (χ2v) is 4.52. The van der Waals surface area contributed by atoms with Gasteiger partial charge >= 0.3 is 0 Å². The lowest BCUT2D eigenvalue weighted by molar-refractivity contribution is 0.155. The van der Waals surface area contributed by atoms with E-state index in [9.17, 15) is 4.39 Å². The minimum Gasteiger partial charge on any atom is -0.304 e. The summed E-state index contributed by atoms with van der Waals surface area (Å²) in [6, 6.07) is 6.92. The highest BCUT2D eigenvalue weighted by molar-refractivity contribution is 5.16. The molecule has 1 aromatic carbocycles. The summed E-state index contributed by atoms with van der Waals surface area (Å²) in [7, 11) is 2.16. The van der Waals surface area contributed by atoms with E-state index in [0.717, 1.165) is 44.7 Å². The molecule has 1 fully saturated rings. The van der Waals surface area contributed by atoms with Gasteiger partial charge < -0.3 is 9.80 Å². The van der Waals surface area contributed by atoms with Crippen LogP contribution in [0.15, 0.2) is 24.3 Å². The van der Waals surface area contributed by atoms with Gasteiger partial charge in [-0.1, -0.05) is 12.1 Å². The van der Waals surface area contributed by atoms with E-state index in [2.05, 4.69) is 16.8 Å². The predicted molar refractivity (Wildman–Crippen MR) is 64.0 cm³/mol. The van der Waals surface area contributed by atoms with Crippen molar-refractivity contribution in [3.63, 3.8) is 0 Å². The van der Waals surface area contributed by atoms with Crippen LogP contribution in [0.5, 0.6) is 0 Å². The molecule has 3 heteroatoms. The molecule has 2 rings (SSSR count). The molecule has 16 heavy (non-hydrogen) atoms. The Morgan fingerprint density at radius 2 is 1.94 bits per heavy atom. The smallest absolute Gasteiger partial charge is 0.123 e. The molecule has 88 valence electrons. The Hall–Kier alpha value is -0.930. The van der Waals surface area contributed by atoms with Crippen molar-refractivity contribution in [1.82, 2.24) is 9.80 Å². The van der Waals surface area contributed by atoms with Gasteiger partial charge in [0.1, 0.15) is 5.82 Å². The van der Waals surface area contributed by atoms with Gasteiger partial charge in [-0.05, 0) is 31.2 Å². The van der Waals surface area contributed by atoms with E-state index >= 15 is 0 Å². The SMILES string of the molecule is CN1CCN(CCc2cccc(F)c2)CC1. The zero-order chi connectivity index (χ0) is 11.4. The molecule has 1 heterocycles. The molecular weight excluding hydrogens is 203 g/mol. The van der Waals surface area contributed by atoms with Crippen molar-refractivity contribution in [2.24, 2.45) is 0 Å². The summed E-state index contributed by atoms with van der Waals surface area (Å²) < 4.78 is 13.0. The first-order valence-corrected chi connectivity index (χ1v) is 5.89. The molecule has 1 aliphatic heterocycles. The van der Waals surface area contributed by atoms with Crippen molar-refractivity contribution in [3.05, 3.63) is 35.6 Å². The van der Waals surface area contributed by atoms with E-state index in [1.807, 2.05) is 6.07 Å². The van der Waals surface area contributed by atoms with E-state index in [1.165, 1.54) is 6.07 Å². The van der Waals surface area contributed by atoms with E-state index in [4.69, 9.17) is 0 Å². The average molecular weight is 222 g/mol. The molecule has 1 aliphatic rings. The fourth-order valence-corrected chi connectivity index (χ4v) is 2.05. The van der Waals surface area contributed by atoms with Crippen molar-refractivity contribution >= 4 is 0 Å². The van der Waals surface area contributed by atoms with Crippen molar-refractivity contribution in [2.75, 3.05) is 39.8 Å². The fraction of sp³-hybridized carbons (Fsp3) is 0.538. The van der Waals surface area contributed by atoms with Crippen LogP contribution in [0.2, 0.25) is 0 Å². The van der Waals surface area contributed by atoms with Gasteiger partial charge in [0.2, 0.25) is 0 Å². The normalized spacial score (nSPS) is 18.9. The Morgan fingerprint density at radius 1 is 1.19 bits per heavy atom. The number of hydrogen-bond donors (Lipinski definition) is 0. The van der Waals surface area contributed by atoms with Gasteiger partial charge in [-0.15, -0.1) is 0 Å². The number of halogens is 1. The van der Waals surface area contributed by atoms with Crippen LogP contribution in [-0.2, 0) is 6.42 Å². The van der Waals surface area contributed by atoms with Crippen LogP contribution in [0, 0.1) is 5.82 Å². The molecule has 0 N–H and O–H groups in total. The van der Waals surface area contributed by atoms with Crippen LogP contribution in [-0.4, -0.2) is 49.6 Å². The third-order valence-electron chi connectivity index (χ3n) is 3.20. The topological polar surface area (TPSA) is 6.48 Å². The molecule has 1 aromatic rings. The van der Waals surface area contributed by atoms with Crippen molar-refractivity contribution in [3.8, 4) is 0 Å². The van der Waals surface area contributed by atoms with Gasteiger partial charge in [-0.3, -0.25) is 0 Å². The van der Waals surface area contributed by atoms with Crippen molar-refractivity contribution < 1.29 is 4.39 Å². The third kappa shape index (κ3) is 3.29. The molecule has 0 aliphatic carbocycles. The van der Waals surface area contributed by atoms with Gasteiger partial charge in [0.05, 0.1) is 0 Å². The molecule has 0 spiro atoms. The first-order chi connectivity index (χ1) is 7.74. The summed E-state index contributed by atoms with van der Waals surface area (Å²) in [6.45, 7) is 5.58. The minimum absolute atomic E-state index is 0.129. The quantitative estimate of drug-likeness (QED) is 0.766. The molecular formula is C13H19FN2. The number of piperazine rings is 1. The molecule has 0 atom stereocenters. The fourth-order valence-electron chi connectivity index (χ4n) is 2.05. The highest BCUT2D eigenvalue weighted by Gasteiger charge is 2.12. The summed E-state index contributed by atoms with van der Waals surface area (Å²) in [5, 5.41) is 0. The molecule has 0 saturated carbocycles. The Labute approximate surface area is 96.7 Å². The zero-order valence-corrected chi connectivity index (χ0v) is 9.82. The Kier molecular flexibility index (Phi) is 3.91. The number of rotatable bonds is 3. The lowest BCUT2D eigenvalue weighted by atomic mass is 10.1. The van der Waals surface area contributed by atoms with Crippen molar-refractivity contribution in [2.45, 2.75) is 6.42 Å². The monoisotopic (exact) mass is 222 g/mol. The molecule has 0 amide bonds. The zero-order valence-electron chi connectivity index (χ0n) is 9.82. The predicted octanol–water partition coefficient (Wildman–Crippen LogP) is 1.62. The second-order valence-electron chi connectivity index (χ2n) is 4.52. The molecule has 1 saturated heterocycles. The van der Waals surface area contributed by atoms with Crippen molar-refractivity contribution in [1.29, 1.82) is 0 Å². The molecule has 0 radical (unpaired) electrons. The lowest BCUT2D eigenvalue weighted by Crippen LogP contribution is -2.45. The van der Waals surface area contributed by atoms with Gasteiger partial charge in [-0.25, -0.2) is 4.39 Å². The average Bonchev–Trinajstić information content (AvgIpc) is 2.28. The van der Waals surface area contributed by atoms with Crippen LogP contribution in [0.4, 0.5) is 4.39 Å². The van der Waals surface area contributed by atoms with Crippen LogP contribution in [0.1, 0.15) is 5.56 Å². The maximum Gasteiger partial charge on any atom is 0.123 e. The first-order valence-electron chi connectivity index (χ1n) is 5.89. The third-order valence-corrected chi connectivity index (χ3v) is 3.20. The first kappa shape index (κ1) is 11.6. The summed E-state index contributed by atoms with van der Waals surface area (Å²) in [4.78, 5) is 4.80. The number of benzene rings is 1. The maximum atomic E-state index is 13.0. The van der Waals surface area contributed by atoms with E-state index in [-0.39, 0.29) is 5.82 Å².